The molecule has 1 aromatic rings. The van der Waals surface area contributed by atoms with Crippen LogP contribution in [0.15, 0.2) is 23.5 Å². The maximum absolute atomic E-state index is 5.29. The van der Waals surface area contributed by atoms with Gasteiger partial charge >= 0.3 is 0 Å². The largest absolute Gasteiger partial charge is 0.385 e. The summed E-state index contributed by atoms with van der Waals surface area (Å²) < 4.78 is 5.29. The lowest BCUT2D eigenvalue weighted by molar-refractivity contribution is 0.0732. The number of aromatic nitrogens is 2. The Morgan fingerprint density at radius 2 is 1.90 bits per heavy atom. The van der Waals surface area contributed by atoms with Crippen LogP contribution in [-0.2, 0) is 4.74 Å². The first-order valence-electron chi connectivity index (χ1n) is 10.9. The monoisotopic (exact) mass is 531 g/mol. The maximum Gasteiger partial charge on any atom is 0.225 e. The Bertz CT molecular complexity index is 619. The predicted molar refractivity (Wildman–Crippen MR) is 133 cm³/mol. The molecule has 0 amide bonds. The van der Waals surface area contributed by atoms with Gasteiger partial charge in [0, 0.05) is 72.4 Å². The number of anilines is 1. The summed E-state index contributed by atoms with van der Waals surface area (Å²) in [4.78, 5) is 17.9. The smallest absolute Gasteiger partial charge is 0.225 e. The van der Waals surface area contributed by atoms with Gasteiger partial charge in [0.25, 0.3) is 0 Å². The molecular formula is C21H38IN7O. The molecule has 8 nitrogen and oxygen atoms in total. The number of halogens is 1. The molecule has 0 atom stereocenters. The van der Waals surface area contributed by atoms with Crippen LogP contribution in [0.1, 0.15) is 32.1 Å². The van der Waals surface area contributed by atoms with Crippen molar-refractivity contribution in [2.24, 2.45) is 10.4 Å². The lowest BCUT2D eigenvalue weighted by Gasteiger charge is -2.42. The second kappa shape index (κ2) is 13.3. The predicted octanol–water partition coefficient (Wildman–Crippen LogP) is 1.98. The minimum absolute atomic E-state index is 0. The van der Waals surface area contributed by atoms with Crippen molar-refractivity contribution >= 4 is 35.9 Å². The summed E-state index contributed by atoms with van der Waals surface area (Å²) in [5, 5.41) is 7.00. The third-order valence-corrected chi connectivity index (χ3v) is 6.26. The number of ether oxygens (including phenoxy) is 1. The van der Waals surface area contributed by atoms with E-state index in [1.807, 2.05) is 25.5 Å². The number of nitrogens with one attached hydrogen (secondary N) is 2. The molecule has 3 rings (SSSR count). The van der Waals surface area contributed by atoms with Gasteiger partial charge in [0.2, 0.25) is 5.95 Å². The molecule has 30 heavy (non-hydrogen) atoms. The summed E-state index contributed by atoms with van der Waals surface area (Å²) in [5.41, 5.74) is 0.399. The molecule has 0 bridgehead atoms. The maximum atomic E-state index is 5.29. The van der Waals surface area contributed by atoms with E-state index in [-0.39, 0.29) is 24.0 Å². The highest BCUT2D eigenvalue weighted by Gasteiger charge is 2.36. The third-order valence-electron chi connectivity index (χ3n) is 6.26. The summed E-state index contributed by atoms with van der Waals surface area (Å²) >= 11 is 0. The zero-order chi connectivity index (χ0) is 20.4. The summed E-state index contributed by atoms with van der Waals surface area (Å²) in [5.74, 6) is 1.76. The summed E-state index contributed by atoms with van der Waals surface area (Å²) in [7, 11) is 3.64. The fraction of sp³-hybridized carbons (Fsp3) is 0.762. The second-order valence-electron chi connectivity index (χ2n) is 8.18. The van der Waals surface area contributed by atoms with Crippen LogP contribution in [0.3, 0.4) is 0 Å². The van der Waals surface area contributed by atoms with Crippen molar-refractivity contribution in [2.75, 3.05) is 71.5 Å². The number of rotatable bonds is 10. The first-order valence-corrected chi connectivity index (χ1v) is 10.9. The third kappa shape index (κ3) is 7.49. The van der Waals surface area contributed by atoms with Gasteiger partial charge in [0.05, 0.1) is 0 Å². The highest BCUT2D eigenvalue weighted by atomic mass is 127. The lowest BCUT2D eigenvalue weighted by Crippen LogP contribution is -2.48. The Labute approximate surface area is 198 Å². The molecule has 1 aromatic heterocycles. The fourth-order valence-corrected chi connectivity index (χ4v) is 4.14. The topological polar surface area (TPSA) is 77.9 Å². The van der Waals surface area contributed by atoms with Crippen LogP contribution in [0.5, 0.6) is 0 Å². The normalized spacial score (nSPS) is 19.0. The Balaban J connectivity index is 0.00000320. The van der Waals surface area contributed by atoms with Gasteiger partial charge in [-0.3, -0.25) is 9.89 Å². The van der Waals surface area contributed by atoms with Crippen LogP contribution in [0.2, 0.25) is 0 Å². The van der Waals surface area contributed by atoms with Crippen LogP contribution in [0.25, 0.3) is 0 Å². The Morgan fingerprint density at radius 3 is 2.50 bits per heavy atom. The minimum Gasteiger partial charge on any atom is -0.385 e. The molecule has 2 aliphatic rings. The van der Waals surface area contributed by atoms with Gasteiger partial charge in [-0.25, -0.2) is 9.97 Å². The molecule has 1 saturated carbocycles. The first kappa shape index (κ1) is 25.1. The number of hydrogen-bond donors (Lipinski definition) is 2. The molecule has 1 aliphatic carbocycles. The number of methoxy groups -OCH3 is 1. The number of aliphatic imine (C=N–C) groups is 1. The van der Waals surface area contributed by atoms with E-state index in [1.165, 1.54) is 19.3 Å². The van der Waals surface area contributed by atoms with E-state index in [2.05, 4.69) is 35.4 Å². The van der Waals surface area contributed by atoms with E-state index < -0.39 is 0 Å². The SMILES string of the molecule is CN=C(NCCCN1CCN(c2ncccn2)CC1)NCC1(CCOC)CCC1.I. The molecule has 2 fully saturated rings. The molecule has 2 heterocycles. The van der Waals surface area contributed by atoms with E-state index >= 15 is 0 Å². The molecule has 0 aromatic carbocycles. The molecular weight excluding hydrogens is 493 g/mol. The van der Waals surface area contributed by atoms with Crippen LogP contribution in [0, 0.1) is 5.41 Å². The van der Waals surface area contributed by atoms with Gasteiger partial charge in [-0.15, -0.1) is 24.0 Å². The number of nitrogens with zero attached hydrogens (tertiary/aromatic N) is 5. The van der Waals surface area contributed by atoms with Crippen molar-refractivity contribution in [3.8, 4) is 0 Å². The van der Waals surface area contributed by atoms with Crippen molar-refractivity contribution in [1.29, 1.82) is 0 Å². The van der Waals surface area contributed by atoms with Crippen LogP contribution in [0.4, 0.5) is 5.95 Å². The van der Waals surface area contributed by atoms with Gasteiger partial charge in [0.15, 0.2) is 5.96 Å². The Hall–Kier alpha value is -1.20. The van der Waals surface area contributed by atoms with Crippen molar-refractivity contribution < 1.29 is 4.74 Å². The molecule has 0 radical (unpaired) electrons. The highest BCUT2D eigenvalue weighted by Crippen LogP contribution is 2.43. The van der Waals surface area contributed by atoms with E-state index in [4.69, 9.17) is 4.74 Å². The van der Waals surface area contributed by atoms with Gasteiger partial charge in [0.1, 0.15) is 0 Å². The number of hydrogen-bond acceptors (Lipinski definition) is 6. The van der Waals surface area contributed by atoms with Crippen LogP contribution < -0.4 is 15.5 Å². The summed E-state index contributed by atoms with van der Waals surface area (Å²) in [6.45, 7) is 7.98. The van der Waals surface area contributed by atoms with Crippen molar-refractivity contribution in [2.45, 2.75) is 32.1 Å². The number of guanidine groups is 1. The van der Waals surface area contributed by atoms with Gasteiger partial charge in [-0.2, -0.15) is 0 Å². The molecule has 9 heteroatoms. The zero-order valence-electron chi connectivity index (χ0n) is 18.5. The standard InChI is InChI=1S/C21H37N7O.HI/c1-22-19(26-18-21(6-3-7-21)8-17-29-2)23-11-5-12-27-13-15-28(16-14-27)20-24-9-4-10-25-20;/h4,9-10H,3,5-8,11-18H2,1-2H3,(H2,22,23,26);1H. The van der Waals surface area contributed by atoms with E-state index in [0.29, 0.717) is 5.41 Å². The molecule has 1 saturated heterocycles. The Kier molecular flexibility index (Phi) is 11.1. The minimum atomic E-state index is 0. The van der Waals surface area contributed by atoms with Gasteiger partial charge in [-0.05, 0) is 43.7 Å². The average Bonchev–Trinajstić information content (AvgIpc) is 2.75. The van der Waals surface area contributed by atoms with Crippen molar-refractivity contribution in [1.82, 2.24) is 25.5 Å². The second-order valence-corrected chi connectivity index (χ2v) is 8.18. The highest BCUT2D eigenvalue weighted by molar-refractivity contribution is 14.0. The number of piperazine rings is 1. The van der Waals surface area contributed by atoms with Crippen molar-refractivity contribution in [3.05, 3.63) is 18.5 Å². The first-order chi connectivity index (χ1) is 14.2. The Morgan fingerprint density at radius 1 is 1.17 bits per heavy atom. The van der Waals surface area contributed by atoms with E-state index in [9.17, 15) is 0 Å². The zero-order valence-corrected chi connectivity index (χ0v) is 20.8. The summed E-state index contributed by atoms with van der Waals surface area (Å²) in [6.07, 6.45) is 9.78. The van der Waals surface area contributed by atoms with Crippen LogP contribution in [-0.4, -0.2) is 87.4 Å². The van der Waals surface area contributed by atoms with E-state index in [1.54, 1.807) is 7.11 Å². The molecule has 0 spiro atoms. The van der Waals surface area contributed by atoms with Crippen molar-refractivity contribution in [3.63, 3.8) is 0 Å². The van der Waals surface area contributed by atoms with Gasteiger partial charge < -0.3 is 20.3 Å². The molecule has 0 unspecified atom stereocenters. The summed E-state index contributed by atoms with van der Waals surface area (Å²) in [6, 6.07) is 1.86. The lowest BCUT2D eigenvalue weighted by atomic mass is 9.67. The quantitative estimate of drug-likeness (QED) is 0.207. The average molecular weight is 531 g/mol. The molecule has 2 N–H and O–H groups in total. The molecule has 1 aliphatic heterocycles. The van der Waals surface area contributed by atoms with Crippen LogP contribution >= 0.6 is 24.0 Å². The van der Waals surface area contributed by atoms with Gasteiger partial charge in [-0.1, -0.05) is 6.42 Å². The fourth-order valence-electron chi connectivity index (χ4n) is 4.14. The van der Waals surface area contributed by atoms with E-state index in [0.717, 1.165) is 77.2 Å². The molecule has 170 valence electrons.